The van der Waals surface area contributed by atoms with Crippen molar-refractivity contribution < 1.29 is 23.1 Å². The van der Waals surface area contributed by atoms with Gasteiger partial charge in [-0.3, -0.25) is 4.79 Å². The molecule has 1 aromatic carbocycles. The Morgan fingerprint density at radius 3 is 2.48 bits per heavy atom. The van der Waals surface area contributed by atoms with Crippen molar-refractivity contribution in [3.05, 3.63) is 35.9 Å². The molecular formula is C14H19NO5S. The highest BCUT2D eigenvalue weighted by Crippen LogP contribution is 2.22. The number of rotatable bonds is 6. The van der Waals surface area contributed by atoms with E-state index in [1.807, 2.05) is 0 Å². The second kappa shape index (κ2) is 7.02. The number of carbonyl (C=O) groups is 1. The van der Waals surface area contributed by atoms with Crippen molar-refractivity contribution in [1.82, 2.24) is 4.72 Å². The lowest BCUT2D eigenvalue weighted by Crippen LogP contribution is -2.40. The van der Waals surface area contributed by atoms with Crippen molar-refractivity contribution in [3.63, 3.8) is 0 Å². The third-order valence-electron chi connectivity index (χ3n) is 3.49. The number of hydrogen-bond donors (Lipinski definition) is 2. The van der Waals surface area contributed by atoms with Crippen molar-refractivity contribution in [2.45, 2.75) is 30.6 Å². The molecule has 0 bridgehead atoms. The van der Waals surface area contributed by atoms with Crippen molar-refractivity contribution in [2.24, 2.45) is 0 Å². The van der Waals surface area contributed by atoms with E-state index in [0.29, 0.717) is 31.6 Å². The van der Waals surface area contributed by atoms with E-state index in [1.165, 1.54) is 0 Å². The highest BCUT2D eigenvalue weighted by atomic mass is 32.2. The quantitative estimate of drug-likeness (QED) is 0.826. The molecule has 1 saturated heterocycles. The Hall–Kier alpha value is -1.44. The first-order chi connectivity index (χ1) is 9.99. The fourth-order valence-electron chi connectivity index (χ4n) is 2.37. The first-order valence-electron chi connectivity index (χ1n) is 6.84. The van der Waals surface area contributed by atoms with Gasteiger partial charge in [-0.1, -0.05) is 30.3 Å². The summed E-state index contributed by atoms with van der Waals surface area (Å²) in [5, 5.41) is 8.48. The van der Waals surface area contributed by atoms with E-state index in [9.17, 15) is 13.2 Å². The molecule has 0 amide bonds. The summed E-state index contributed by atoms with van der Waals surface area (Å²) in [7, 11) is -3.57. The summed E-state index contributed by atoms with van der Waals surface area (Å²) in [6.45, 7) is 0.834. The van der Waals surface area contributed by atoms with Gasteiger partial charge in [-0.05, 0) is 18.4 Å². The van der Waals surface area contributed by atoms with E-state index in [0.717, 1.165) is 0 Å². The molecule has 0 aromatic heterocycles. The number of ether oxygens (including phenoxy) is 1. The van der Waals surface area contributed by atoms with E-state index in [2.05, 4.69) is 4.72 Å². The number of carboxylic acid groups (broad SMARTS) is 1. The smallest absolute Gasteiger partial charge is 0.305 e. The predicted octanol–water partition coefficient (Wildman–Crippen LogP) is 1.30. The van der Waals surface area contributed by atoms with Crippen LogP contribution >= 0.6 is 0 Å². The molecular weight excluding hydrogens is 294 g/mol. The largest absolute Gasteiger partial charge is 0.481 e. The summed E-state index contributed by atoms with van der Waals surface area (Å²) in [6, 6.07) is 8.01. The minimum Gasteiger partial charge on any atom is -0.481 e. The molecule has 1 aliphatic rings. The van der Waals surface area contributed by atoms with Gasteiger partial charge in [0.2, 0.25) is 10.0 Å². The second-order valence-corrected chi connectivity index (χ2v) is 7.03. The molecule has 0 saturated carbocycles. The van der Waals surface area contributed by atoms with Gasteiger partial charge in [-0.25, -0.2) is 13.1 Å². The minimum absolute atomic E-state index is 0.285. The summed E-state index contributed by atoms with van der Waals surface area (Å²) in [5.41, 5.74) is 0.649. The highest BCUT2D eigenvalue weighted by molar-refractivity contribution is 7.90. The standard InChI is InChI=1S/C14H19NO5S/c16-14(17)10-13(11-4-2-1-3-5-11)15-21(18,19)12-6-8-20-9-7-12/h1-5,12-13,15H,6-10H2,(H,16,17). The Kier molecular flexibility index (Phi) is 5.33. The predicted molar refractivity (Wildman–Crippen MR) is 77.3 cm³/mol. The fourth-order valence-corrected chi connectivity index (χ4v) is 3.99. The Morgan fingerprint density at radius 2 is 1.90 bits per heavy atom. The monoisotopic (exact) mass is 313 g/mol. The lowest BCUT2D eigenvalue weighted by molar-refractivity contribution is -0.137. The zero-order chi connectivity index (χ0) is 15.3. The van der Waals surface area contributed by atoms with Gasteiger partial charge >= 0.3 is 5.97 Å². The Morgan fingerprint density at radius 1 is 1.29 bits per heavy atom. The molecule has 1 atom stereocenters. The summed E-state index contributed by atoms with van der Waals surface area (Å²) < 4.78 is 32.5. The maximum atomic E-state index is 12.4. The summed E-state index contributed by atoms with van der Waals surface area (Å²) in [5.74, 6) is -1.04. The van der Waals surface area contributed by atoms with Crippen LogP contribution in [0.3, 0.4) is 0 Å². The molecule has 1 unspecified atom stereocenters. The van der Waals surface area contributed by atoms with Crippen molar-refractivity contribution in [2.75, 3.05) is 13.2 Å². The molecule has 7 heteroatoms. The average molecular weight is 313 g/mol. The highest BCUT2D eigenvalue weighted by Gasteiger charge is 2.31. The fraction of sp³-hybridized carbons (Fsp3) is 0.500. The van der Waals surface area contributed by atoms with Gasteiger partial charge in [0, 0.05) is 13.2 Å². The molecule has 1 heterocycles. The number of nitrogens with one attached hydrogen (secondary N) is 1. The van der Waals surface area contributed by atoms with Crippen LogP contribution in [0.5, 0.6) is 0 Å². The van der Waals surface area contributed by atoms with E-state index >= 15 is 0 Å². The summed E-state index contributed by atoms with van der Waals surface area (Å²) in [4.78, 5) is 11.0. The normalized spacial score (nSPS) is 18.3. The number of carboxylic acids is 1. The van der Waals surface area contributed by atoms with Gasteiger partial charge in [0.15, 0.2) is 0 Å². The van der Waals surface area contributed by atoms with Gasteiger partial charge in [0.05, 0.1) is 17.7 Å². The molecule has 0 spiro atoms. The zero-order valence-corrected chi connectivity index (χ0v) is 12.4. The minimum atomic E-state index is -3.57. The van der Waals surface area contributed by atoms with Gasteiger partial charge < -0.3 is 9.84 Å². The Bertz CT molecular complexity index is 566. The second-order valence-electron chi connectivity index (χ2n) is 5.04. The Labute approximate surface area is 124 Å². The van der Waals surface area contributed by atoms with Crippen molar-refractivity contribution >= 4 is 16.0 Å². The molecule has 21 heavy (non-hydrogen) atoms. The van der Waals surface area contributed by atoms with Crippen molar-refractivity contribution in [1.29, 1.82) is 0 Å². The summed E-state index contributed by atoms with van der Waals surface area (Å²) >= 11 is 0. The SMILES string of the molecule is O=C(O)CC(NS(=O)(=O)C1CCOCC1)c1ccccc1. The van der Waals surface area contributed by atoms with Crippen LogP contribution in [-0.4, -0.2) is 38.0 Å². The molecule has 6 nitrogen and oxygen atoms in total. The first kappa shape index (κ1) is 15.9. The van der Waals surface area contributed by atoms with E-state index in [1.54, 1.807) is 30.3 Å². The molecule has 2 N–H and O–H groups in total. The summed E-state index contributed by atoms with van der Waals surface area (Å²) in [6.07, 6.45) is 0.584. The van der Waals surface area contributed by atoms with E-state index < -0.39 is 27.3 Å². The molecule has 2 rings (SSSR count). The Balaban J connectivity index is 2.16. The van der Waals surface area contributed by atoms with Crippen molar-refractivity contribution in [3.8, 4) is 0 Å². The average Bonchev–Trinajstić information content (AvgIpc) is 2.48. The van der Waals surface area contributed by atoms with Crippen LogP contribution in [0, 0.1) is 0 Å². The van der Waals surface area contributed by atoms with E-state index in [-0.39, 0.29) is 6.42 Å². The first-order valence-corrected chi connectivity index (χ1v) is 8.39. The zero-order valence-electron chi connectivity index (χ0n) is 11.6. The van der Waals surface area contributed by atoms with Crippen LogP contribution in [0.4, 0.5) is 0 Å². The maximum absolute atomic E-state index is 12.4. The topological polar surface area (TPSA) is 92.7 Å². The van der Waals surface area contributed by atoms with Gasteiger partial charge in [-0.15, -0.1) is 0 Å². The van der Waals surface area contributed by atoms with Gasteiger partial charge in [-0.2, -0.15) is 0 Å². The van der Waals surface area contributed by atoms with Crippen LogP contribution in [0.2, 0.25) is 0 Å². The molecule has 1 aliphatic heterocycles. The molecule has 1 aromatic rings. The van der Waals surface area contributed by atoms with Crippen LogP contribution in [0.25, 0.3) is 0 Å². The van der Waals surface area contributed by atoms with Crippen LogP contribution < -0.4 is 4.72 Å². The lowest BCUT2D eigenvalue weighted by Gasteiger charge is -2.25. The number of benzene rings is 1. The maximum Gasteiger partial charge on any atom is 0.305 e. The molecule has 0 aliphatic carbocycles. The van der Waals surface area contributed by atoms with Gasteiger partial charge in [0.25, 0.3) is 0 Å². The van der Waals surface area contributed by atoms with E-state index in [4.69, 9.17) is 9.84 Å². The molecule has 0 radical (unpaired) electrons. The molecule has 1 fully saturated rings. The molecule has 116 valence electrons. The van der Waals surface area contributed by atoms with Crippen LogP contribution in [0.15, 0.2) is 30.3 Å². The number of aliphatic carboxylic acids is 1. The third-order valence-corrected chi connectivity index (χ3v) is 5.46. The van der Waals surface area contributed by atoms with Crippen LogP contribution in [0.1, 0.15) is 30.9 Å². The number of sulfonamides is 1. The van der Waals surface area contributed by atoms with Gasteiger partial charge in [0.1, 0.15) is 0 Å². The third kappa shape index (κ3) is 4.52. The van der Waals surface area contributed by atoms with Crippen LogP contribution in [-0.2, 0) is 19.6 Å². The lowest BCUT2D eigenvalue weighted by atomic mass is 10.1. The number of hydrogen-bond acceptors (Lipinski definition) is 4.